The van der Waals surface area contributed by atoms with E-state index in [1.54, 1.807) is 6.08 Å². The Morgan fingerprint density at radius 3 is 2.46 bits per heavy atom. The fraction of sp³-hybridized carbons (Fsp3) is 0.333. The number of benzene rings is 1. The lowest BCUT2D eigenvalue weighted by molar-refractivity contribution is 0.181. The lowest BCUT2D eigenvalue weighted by Gasteiger charge is -2.08. The Kier molecular flexibility index (Phi) is 3.71. The van der Waals surface area contributed by atoms with Gasteiger partial charge in [-0.25, -0.2) is 0 Å². The first kappa shape index (κ1) is 10.0. The van der Waals surface area contributed by atoms with Gasteiger partial charge in [0.25, 0.3) is 0 Å². The Bertz CT molecular complexity index is 261. The van der Waals surface area contributed by atoms with Gasteiger partial charge in [-0.3, -0.25) is 0 Å². The molecule has 0 saturated heterocycles. The topological polar surface area (TPSA) is 20.2 Å². The molecule has 0 amide bonds. The molecule has 1 atom stereocenters. The van der Waals surface area contributed by atoms with Crippen LogP contribution in [0.1, 0.15) is 30.6 Å². The summed E-state index contributed by atoms with van der Waals surface area (Å²) in [5.41, 5.74) is 2.27. The van der Waals surface area contributed by atoms with Crippen molar-refractivity contribution in [2.75, 3.05) is 0 Å². The molecule has 1 nitrogen and oxygen atoms in total. The average molecular weight is 176 g/mol. The van der Waals surface area contributed by atoms with Crippen LogP contribution in [0.2, 0.25) is 0 Å². The average Bonchev–Trinajstić information content (AvgIpc) is 2.18. The molecule has 0 aromatic heterocycles. The molecule has 0 aliphatic heterocycles. The molecule has 0 saturated carbocycles. The minimum absolute atomic E-state index is 0.400. The summed E-state index contributed by atoms with van der Waals surface area (Å²) in [6.45, 7) is 5.72. The third kappa shape index (κ3) is 2.71. The molecule has 1 N–H and O–H groups in total. The van der Waals surface area contributed by atoms with Gasteiger partial charge in [0.1, 0.15) is 0 Å². The van der Waals surface area contributed by atoms with Gasteiger partial charge in [0.2, 0.25) is 0 Å². The molecule has 0 spiro atoms. The van der Waals surface area contributed by atoms with E-state index >= 15 is 0 Å². The summed E-state index contributed by atoms with van der Waals surface area (Å²) >= 11 is 0. The highest BCUT2D eigenvalue weighted by atomic mass is 16.3. The molecule has 0 unspecified atom stereocenters. The van der Waals surface area contributed by atoms with Gasteiger partial charge in [0.15, 0.2) is 0 Å². The number of aliphatic hydroxyl groups is 1. The van der Waals surface area contributed by atoms with Crippen LogP contribution >= 0.6 is 0 Å². The van der Waals surface area contributed by atoms with Crippen molar-refractivity contribution in [3.8, 4) is 0 Å². The number of hydrogen-bond acceptors (Lipinski definition) is 1. The second-order valence-corrected chi connectivity index (χ2v) is 3.14. The van der Waals surface area contributed by atoms with E-state index in [9.17, 15) is 5.11 Å². The minimum atomic E-state index is -0.400. The third-order valence-corrected chi connectivity index (χ3v) is 2.16. The highest BCUT2D eigenvalue weighted by molar-refractivity contribution is 5.24. The van der Waals surface area contributed by atoms with Crippen LogP contribution in [0.3, 0.4) is 0 Å². The summed E-state index contributed by atoms with van der Waals surface area (Å²) in [6.07, 6.45) is 2.99. The molecule has 1 heteroatoms. The van der Waals surface area contributed by atoms with Crippen LogP contribution in [-0.2, 0) is 6.42 Å². The second-order valence-electron chi connectivity index (χ2n) is 3.14. The highest BCUT2D eigenvalue weighted by Crippen LogP contribution is 2.17. The summed E-state index contributed by atoms with van der Waals surface area (Å²) in [6, 6.07) is 8.07. The first-order valence-electron chi connectivity index (χ1n) is 4.65. The highest BCUT2D eigenvalue weighted by Gasteiger charge is 2.03. The molecule has 0 bridgehead atoms. The van der Waals surface area contributed by atoms with Crippen molar-refractivity contribution < 1.29 is 5.11 Å². The van der Waals surface area contributed by atoms with Crippen molar-refractivity contribution in [1.29, 1.82) is 0 Å². The molecule has 0 radical (unpaired) electrons. The number of aliphatic hydroxyl groups excluding tert-OH is 1. The first-order chi connectivity index (χ1) is 6.27. The molecule has 1 aromatic carbocycles. The van der Waals surface area contributed by atoms with E-state index < -0.39 is 6.10 Å². The van der Waals surface area contributed by atoms with Crippen LogP contribution in [-0.4, -0.2) is 5.11 Å². The standard InChI is InChI=1S/C12H16O/c1-3-5-12(13)11-8-6-10(4-2)7-9-11/h3,6-9,12-13H,1,4-5H2,2H3/t12-/m0/s1. The number of rotatable bonds is 4. The largest absolute Gasteiger partial charge is 0.388 e. The van der Waals surface area contributed by atoms with E-state index in [0.29, 0.717) is 6.42 Å². The van der Waals surface area contributed by atoms with E-state index in [0.717, 1.165) is 12.0 Å². The molecule has 0 aliphatic rings. The van der Waals surface area contributed by atoms with Gasteiger partial charge < -0.3 is 5.11 Å². The Morgan fingerprint density at radius 1 is 1.38 bits per heavy atom. The zero-order valence-corrected chi connectivity index (χ0v) is 8.03. The monoisotopic (exact) mass is 176 g/mol. The lowest BCUT2D eigenvalue weighted by Crippen LogP contribution is -1.95. The molecule has 0 fully saturated rings. The summed E-state index contributed by atoms with van der Waals surface area (Å²) in [5, 5.41) is 9.61. The number of aryl methyl sites for hydroxylation is 1. The van der Waals surface area contributed by atoms with Gasteiger partial charge in [-0.05, 0) is 24.0 Å². The molecule has 1 aromatic rings. The Hall–Kier alpha value is -1.08. The van der Waals surface area contributed by atoms with Crippen molar-refractivity contribution in [3.63, 3.8) is 0 Å². The fourth-order valence-corrected chi connectivity index (χ4v) is 1.27. The normalized spacial score (nSPS) is 12.5. The summed E-state index contributed by atoms with van der Waals surface area (Å²) in [4.78, 5) is 0. The SMILES string of the molecule is C=CC[C@H](O)c1ccc(CC)cc1. The quantitative estimate of drug-likeness (QED) is 0.699. The maximum absolute atomic E-state index is 9.61. The Labute approximate surface area is 79.7 Å². The summed E-state index contributed by atoms with van der Waals surface area (Å²) < 4.78 is 0. The smallest absolute Gasteiger partial charge is 0.0824 e. The maximum Gasteiger partial charge on any atom is 0.0824 e. The Balaban J connectivity index is 2.73. The van der Waals surface area contributed by atoms with Crippen molar-refractivity contribution in [2.45, 2.75) is 25.9 Å². The number of hydrogen-bond donors (Lipinski definition) is 1. The van der Waals surface area contributed by atoms with Crippen LogP contribution in [0.4, 0.5) is 0 Å². The van der Waals surface area contributed by atoms with Crippen molar-refractivity contribution in [1.82, 2.24) is 0 Å². The second kappa shape index (κ2) is 4.83. The van der Waals surface area contributed by atoms with Crippen molar-refractivity contribution in [2.24, 2.45) is 0 Å². The molecule has 70 valence electrons. The zero-order valence-electron chi connectivity index (χ0n) is 8.03. The van der Waals surface area contributed by atoms with Gasteiger partial charge >= 0.3 is 0 Å². The van der Waals surface area contributed by atoms with E-state index in [-0.39, 0.29) is 0 Å². The maximum atomic E-state index is 9.61. The van der Waals surface area contributed by atoms with E-state index in [1.165, 1.54) is 5.56 Å². The predicted molar refractivity (Wildman–Crippen MR) is 55.6 cm³/mol. The van der Waals surface area contributed by atoms with Gasteiger partial charge in [-0.15, -0.1) is 6.58 Å². The predicted octanol–water partition coefficient (Wildman–Crippen LogP) is 2.86. The van der Waals surface area contributed by atoms with Crippen LogP contribution in [0.15, 0.2) is 36.9 Å². The molecular weight excluding hydrogens is 160 g/mol. The van der Waals surface area contributed by atoms with E-state index in [1.807, 2.05) is 12.1 Å². The third-order valence-electron chi connectivity index (χ3n) is 2.16. The van der Waals surface area contributed by atoms with Crippen LogP contribution in [0.25, 0.3) is 0 Å². The molecule has 0 heterocycles. The van der Waals surface area contributed by atoms with Gasteiger partial charge in [-0.1, -0.05) is 37.3 Å². The summed E-state index contributed by atoms with van der Waals surface area (Å²) in [7, 11) is 0. The first-order valence-corrected chi connectivity index (χ1v) is 4.65. The van der Waals surface area contributed by atoms with Crippen LogP contribution in [0, 0.1) is 0 Å². The minimum Gasteiger partial charge on any atom is -0.388 e. The van der Waals surface area contributed by atoms with E-state index in [2.05, 4.69) is 25.6 Å². The molecule has 13 heavy (non-hydrogen) atoms. The zero-order chi connectivity index (χ0) is 9.68. The lowest BCUT2D eigenvalue weighted by atomic mass is 10.0. The molecule has 0 aliphatic carbocycles. The van der Waals surface area contributed by atoms with Crippen molar-refractivity contribution in [3.05, 3.63) is 48.0 Å². The van der Waals surface area contributed by atoms with Gasteiger partial charge in [0, 0.05) is 0 Å². The van der Waals surface area contributed by atoms with E-state index in [4.69, 9.17) is 0 Å². The molecular formula is C12H16O. The fourth-order valence-electron chi connectivity index (χ4n) is 1.27. The van der Waals surface area contributed by atoms with Gasteiger partial charge in [0.05, 0.1) is 6.10 Å². The molecule has 1 rings (SSSR count). The summed E-state index contributed by atoms with van der Waals surface area (Å²) in [5.74, 6) is 0. The van der Waals surface area contributed by atoms with Crippen molar-refractivity contribution >= 4 is 0 Å². The van der Waals surface area contributed by atoms with Gasteiger partial charge in [-0.2, -0.15) is 0 Å². The Morgan fingerprint density at radius 2 is 2.00 bits per heavy atom. The van der Waals surface area contributed by atoms with Crippen LogP contribution in [0.5, 0.6) is 0 Å². The van der Waals surface area contributed by atoms with Crippen LogP contribution < -0.4 is 0 Å².